The van der Waals surface area contributed by atoms with E-state index in [1.165, 1.54) is 48.8 Å². The highest BCUT2D eigenvalue weighted by molar-refractivity contribution is 7.10. The number of amides is 1. The van der Waals surface area contributed by atoms with E-state index in [0.717, 1.165) is 4.88 Å². The zero-order valence-corrected chi connectivity index (χ0v) is 15.5. The van der Waals surface area contributed by atoms with Crippen molar-refractivity contribution >= 4 is 17.2 Å². The summed E-state index contributed by atoms with van der Waals surface area (Å²) < 4.78 is 47.6. The Bertz CT molecular complexity index is 930. The molecule has 1 aromatic heterocycles. The predicted octanol–water partition coefficient (Wildman–Crippen LogP) is 5.02. The zero-order chi connectivity index (χ0) is 20.1. The zero-order valence-electron chi connectivity index (χ0n) is 14.7. The van der Waals surface area contributed by atoms with Gasteiger partial charge in [-0.2, -0.15) is 8.78 Å². The summed E-state index contributed by atoms with van der Waals surface area (Å²) in [5.41, 5.74) is 0.920. The Morgan fingerprint density at radius 2 is 1.82 bits per heavy atom. The molecule has 0 saturated heterocycles. The maximum absolute atomic E-state index is 13.3. The molecule has 3 rings (SSSR count). The molecule has 0 aliphatic carbocycles. The Balaban J connectivity index is 1.87. The van der Waals surface area contributed by atoms with Gasteiger partial charge in [-0.15, -0.1) is 11.3 Å². The molecule has 3 aromatic rings. The quantitative estimate of drug-likeness (QED) is 0.599. The summed E-state index contributed by atoms with van der Waals surface area (Å²) in [4.78, 5) is 13.6. The van der Waals surface area contributed by atoms with Crippen LogP contribution in [-0.2, 0) is 0 Å². The van der Waals surface area contributed by atoms with Gasteiger partial charge in [-0.1, -0.05) is 18.2 Å². The number of benzene rings is 2. The van der Waals surface area contributed by atoms with Gasteiger partial charge in [-0.3, -0.25) is 4.79 Å². The third-order valence-corrected chi connectivity index (χ3v) is 4.89. The van der Waals surface area contributed by atoms with Crippen LogP contribution in [0.1, 0.15) is 26.8 Å². The van der Waals surface area contributed by atoms with Crippen molar-refractivity contribution in [1.29, 1.82) is 0 Å². The average molecular weight is 407 g/mol. The summed E-state index contributed by atoms with van der Waals surface area (Å²) in [7, 11) is 1.29. The number of thiophene rings is 1. The van der Waals surface area contributed by atoms with Gasteiger partial charge in [0.25, 0.3) is 5.91 Å². The first-order valence-electron chi connectivity index (χ1n) is 8.20. The van der Waals surface area contributed by atoms with Crippen molar-refractivity contribution in [1.82, 2.24) is 5.32 Å². The first-order valence-corrected chi connectivity index (χ1v) is 9.08. The molecular weight excluding hydrogens is 391 g/mol. The molecule has 28 heavy (non-hydrogen) atoms. The van der Waals surface area contributed by atoms with Gasteiger partial charge in [0, 0.05) is 10.4 Å². The second kappa shape index (κ2) is 8.79. The first kappa shape index (κ1) is 19.8. The van der Waals surface area contributed by atoms with E-state index < -0.39 is 18.6 Å². The Morgan fingerprint density at radius 1 is 1.07 bits per heavy atom. The molecule has 1 N–H and O–H groups in total. The summed E-state index contributed by atoms with van der Waals surface area (Å²) in [6.07, 6.45) is 0. The molecule has 1 atom stereocenters. The SMILES string of the molecule is COc1cc(C(=O)NC(c2ccc(F)cc2)c2cccs2)ccc1OC(F)F. The lowest BCUT2D eigenvalue weighted by Crippen LogP contribution is -2.28. The molecule has 0 spiro atoms. The molecule has 0 saturated carbocycles. The molecule has 0 aliphatic heterocycles. The van der Waals surface area contributed by atoms with Crippen LogP contribution in [0.4, 0.5) is 13.2 Å². The summed E-state index contributed by atoms with van der Waals surface area (Å²) in [5, 5.41) is 4.76. The van der Waals surface area contributed by atoms with Gasteiger partial charge < -0.3 is 14.8 Å². The van der Waals surface area contributed by atoms with Crippen molar-refractivity contribution in [2.45, 2.75) is 12.7 Å². The number of methoxy groups -OCH3 is 1. The van der Waals surface area contributed by atoms with Gasteiger partial charge in [-0.05, 0) is 47.3 Å². The molecule has 8 heteroatoms. The molecule has 2 aromatic carbocycles. The smallest absolute Gasteiger partial charge is 0.387 e. The number of nitrogens with one attached hydrogen (secondary N) is 1. The molecule has 0 bridgehead atoms. The largest absolute Gasteiger partial charge is 0.493 e. The molecule has 0 fully saturated rings. The normalized spacial score (nSPS) is 11.9. The highest BCUT2D eigenvalue weighted by atomic mass is 32.1. The van der Waals surface area contributed by atoms with Crippen molar-refractivity contribution in [2.75, 3.05) is 7.11 Å². The minimum Gasteiger partial charge on any atom is -0.493 e. The van der Waals surface area contributed by atoms with Crippen molar-refractivity contribution < 1.29 is 27.4 Å². The Morgan fingerprint density at radius 3 is 2.43 bits per heavy atom. The number of ether oxygens (including phenoxy) is 2. The van der Waals surface area contributed by atoms with Crippen LogP contribution in [0.5, 0.6) is 11.5 Å². The van der Waals surface area contributed by atoms with E-state index in [-0.39, 0.29) is 22.9 Å². The van der Waals surface area contributed by atoms with E-state index in [0.29, 0.717) is 5.56 Å². The van der Waals surface area contributed by atoms with Gasteiger partial charge >= 0.3 is 6.61 Å². The number of halogens is 3. The van der Waals surface area contributed by atoms with E-state index in [2.05, 4.69) is 10.1 Å². The Hall–Kier alpha value is -3.00. The maximum Gasteiger partial charge on any atom is 0.387 e. The lowest BCUT2D eigenvalue weighted by Gasteiger charge is -2.19. The third kappa shape index (κ3) is 4.64. The van der Waals surface area contributed by atoms with E-state index in [1.807, 2.05) is 17.5 Å². The third-order valence-electron chi connectivity index (χ3n) is 3.95. The van der Waals surface area contributed by atoms with Crippen LogP contribution < -0.4 is 14.8 Å². The van der Waals surface area contributed by atoms with Crippen LogP contribution in [0, 0.1) is 5.82 Å². The van der Waals surface area contributed by atoms with E-state index >= 15 is 0 Å². The van der Waals surface area contributed by atoms with Crippen LogP contribution in [-0.4, -0.2) is 19.6 Å². The minimum atomic E-state index is -3.00. The predicted molar refractivity (Wildman–Crippen MR) is 99.7 cm³/mol. The fraction of sp³-hybridized carbons (Fsp3) is 0.150. The summed E-state index contributed by atoms with van der Waals surface area (Å²) in [6.45, 7) is -3.00. The van der Waals surface area contributed by atoms with Crippen LogP contribution in [0.2, 0.25) is 0 Å². The highest BCUT2D eigenvalue weighted by Gasteiger charge is 2.20. The van der Waals surface area contributed by atoms with E-state index in [1.54, 1.807) is 12.1 Å². The Labute approximate surface area is 163 Å². The van der Waals surface area contributed by atoms with Gasteiger partial charge in [-0.25, -0.2) is 4.39 Å². The number of carbonyl (C=O) groups excluding carboxylic acids is 1. The number of rotatable bonds is 7. The number of carbonyl (C=O) groups is 1. The lowest BCUT2D eigenvalue weighted by atomic mass is 10.0. The molecule has 146 valence electrons. The second-order valence-electron chi connectivity index (χ2n) is 5.72. The molecule has 1 heterocycles. The van der Waals surface area contributed by atoms with Crippen molar-refractivity contribution in [3.63, 3.8) is 0 Å². The van der Waals surface area contributed by atoms with E-state index in [9.17, 15) is 18.0 Å². The van der Waals surface area contributed by atoms with Crippen LogP contribution in [0.15, 0.2) is 60.0 Å². The molecule has 1 unspecified atom stereocenters. The average Bonchev–Trinajstić information content (AvgIpc) is 3.21. The van der Waals surface area contributed by atoms with Crippen molar-refractivity contribution in [3.8, 4) is 11.5 Å². The monoisotopic (exact) mass is 407 g/mol. The fourth-order valence-electron chi connectivity index (χ4n) is 2.65. The fourth-order valence-corrected chi connectivity index (χ4v) is 3.45. The summed E-state index contributed by atoms with van der Waals surface area (Å²) in [6, 6.07) is 13.0. The minimum absolute atomic E-state index is 0.0161. The molecule has 0 radical (unpaired) electrons. The second-order valence-corrected chi connectivity index (χ2v) is 6.70. The van der Waals surface area contributed by atoms with Crippen molar-refractivity contribution in [2.24, 2.45) is 0 Å². The molecular formula is C20H16F3NO3S. The highest BCUT2D eigenvalue weighted by Crippen LogP contribution is 2.31. The van der Waals surface area contributed by atoms with Crippen LogP contribution >= 0.6 is 11.3 Å². The maximum atomic E-state index is 13.3. The molecule has 1 amide bonds. The summed E-state index contributed by atoms with van der Waals surface area (Å²) in [5.74, 6) is -0.964. The standard InChI is InChI=1S/C20H16F3NO3S/c1-26-16-11-13(6-9-15(16)27-20(22)23)19(25)24-18(17-3-2-10-28-17)12-4-7-14(21)8-5-12/h2-11,18,20H,1H3,(H,24,25). The Kier molecular flexibility index (Phi) is 6.20. The number of hydrogen-bond acceptors (Lipinski definition) is 4. The number of alkyl halides is 2. The van der Waals surface area contributed by atoms with Crippen LogP contribution in [0.3, 0.4) is 0 Å². The van der Waals surface area contributed by atoms with E-state index in [4.69, 9.17) is 4.74 Å². The van der Waals surface area contributed by atoms with Crippen LogP contribution in [0.25, 0.3) is 0 Å². The lowest BCUT2D eigenvalue weighted by molar-refractivity contribution is -0.0512. The topological polar surface area (TPSA) is 47.6 Å². The first-order chi connectivity index (χ1) is 13.5. The van der Waals surface area contributed by atoms with Gasteiger partial charge in [0.05, 0.1) is 13.2 Å². The molecule has 0 aliphatic rings. The molecule has 4 nitrogen and oxygen atoms in total. The van der Waals surface area contributed by atoms with Gasteiger partial charge in [0.15, 0.2) is 11.5 Å². The van der Waals surface area contributed by atoms with Crippen molar-refractivity contribution in [3.05, 3.63) is 81.8 Å². The number of hydrogen-bond donors (Lipinski definition) is 1. The van der Waals surface area contributed by atoms with Gasteiger partial charge in [0.1, 0.15) is 5.82 Å². The van der Waals surface area contributed by atoms with Gasteiger partial charge in [0.2, 0.25) is 0 Å². The summed E-state index contributed by atoms with van der Waals surface area (Å²) >= 11 is 1.45.